The maximum Gasteiger partial charge on any atom is 0.136 e. The van der Waals surface area contributed by atoms with Crippen LogP contribution in [-0.2, 0) is 0 Å². The summed E-state index contributed by atoms with van der Waals surface area (Å²) in [5.74, 6) is 1.91. The van der Waals surface area contributed by atoms with E-state index in [1.807, 2.05) is 18.2 Å². The lowest BCUT2D eigenvalue weighted by Crippen LogP contribution is -2.42. The van der Waals surface area contributed by atoms with Crippen LogP contribution in [0.2, 0.25) is 0 Å². The average Bonchev–Trinajstić information content (AvgIpc) is 2.89. The highest BCUT2D eigenvalue weighted by molar-refractivity contribution is 9.10. The highest BCUT2D eigenvalue weighted by Gasteiger charge is 2.23. The largest absolute Gasteiger partial charge is 0.458 e. The van der Waals surface area contributed by atoms with Crippen molar-refractivity contribution in [2.24, 2.45) is 0 Å². The number of furan rings is 1. The van der Waals surface area contributed by atoms with Crippen molar-refractivity contribution in [3.8, 4) is 11.3 Å². The Hall–Kier alpha value is -1.10. The van der Waals surface area contributed by atoms with Gasteiger partial charge in [0.05, 0.1) is 0 Å². The molecular weight excluding hydrogens is 304 g/mol. The predicted molar refractivity (Wildman–Crippen MR) is 79.8 cm³/mol. The van der Waals surface area contributed by atoms with Crippen LogP contribution in [-0.4, -0.2) is 25.0 Å². The van der Waals surface area contributed by atoms with E-state index < -0.39 is 0 Å². The first-order valence-electron chi connectivity index (χ1n) is 6.53. The van der Waals surface area contributed by atoms with Crippen LogP contribution < -0.4 is 5.32 Å². The molecule has 2 aromatic rings. The molecule has 1 atom stereocenters. The van der Waals surface area contributed by atoms with E-state index in [0.717, 1.165) is 34.6 Å². The molecule has 0 saturated carbocycles. The van der Waals surface area contributed by atoms with Crippen molar-refractivity contribution >= 4 is 15.9 Å². The summed E-state index contributed by atoms with van der Waals surface area (Å²) < 4.78 is 7.08. The SMILES string of the molecule is CN1CCCNC1c1ccc(-c2ccc(Br)cc2)o1. The Kier molecular flexibility index (Phi) is 3.73. The van der Waals surface area contributed by atoms with Crippen molar-refractivity contribution < 1.29 is 4.42 Å². The third kappa shape index (κ3) is 2.76. The summed E-state index contributed by atoms with van der Waals surface area (Å²) in [5, 5.41) is 3.48. The lowest BCUT2D eigenvalue weighted by atomic mass is 10.2. The lowest BCUT2D eigenvalue weighted by molar-refractivity contribution is 0.145. The molecule has 0 amide bonds. The monoisotopic (exact) mass is 320 g/mol. The smallest absolute Gasteiger partial charge is 0.136 e. The molecule has 0 spiro atoms. The van der Waals surface area contributed by atoms with E-state index in [2.05, 4.69) is 51.4 Å². The molecule has 0 radical (unpaired) electrons. The third-order valence-electron chi connectivity index (χ3n) is 3.49. The fraction of sp³-hybridized carbons (Fsp3) is 0.333. The number of hydrogen-bond donors (Lipinski definition) is 1. The summed E-state index contributed by atoms with van der Waals surface area (Å²) in [6.07, 6.45) is 1.38. The van der Waals surface area contributed by atoms with Gasteiger partial charge in [0.25, 0.3) is 0 Å². The first-order valence-corrected chi connectivity index (χ1v) is 7.32. The molecule has 1 N–H and O–H groups in total. The van der Waals surface area contributed by atoms with Crippen molar-refractivity contribution in [1.29, 1.82) is 0 Å². The number of halogens is 1. The molecule has 0 aliphatic carbocycles. The van der Waals surface area contributed by atoms with Crippen LogP contribution in [0, 0.1) is 0 Å². The molecule has 1 aliphatic heterocycles. The summed E-state index contributed by atoms with van der Waals surface area (Å²) in [6, 6.07) is 12.3. The van der Waals surface area contributed by atoms with Gasteiger partial charge in [-0.2, -0.15) is 0 Å². The molecule has 1 fully saturated rings. The molecule has 19 heavy (non-hydrogen) atoms. The zero-order chi connectivity index (χ0) is 13.2. The average molecular weight is 321 g/mol. The highest BCUT2D eigenvalue weighted by Crippen LogP contribution is 2.28. The minimum Gasteiger partial charge on any atom is -0.458 e. The second-order valence-corrected chi connectivity index (χ2v) is 5.82. The van der Waals surface area contributed by atoms with E-state index in [-0.39, 0.29) is 6.17 Å². The Labute approximate surface area is 121 Å². The van der Waals surface area contributed by atoms with Crippen molar-refractivity contribution in [3.05, 3.63) is 46.6 Å². The van der Waals surface area contributed by atoms with Crippen LogP contribution in [0.25, 0.3) is 11.3 Å². The Morgan fingerprint density at radius 1 is 1.21 bits per heavy atom. The van der Waals surface area contributed by atoms with Crippen molar-refractivity contribution in [2.45, 2.75) is 12.6 Å². The van der Waals surface area contributed by atoms with Gasteiger partial charge in [-0.1, -0.05) is 28.1 Å². The van der Waals surface area contributed by atoms with E-state index in [9.17, 15) is 0 Å². The fourth-order valence-corrected chi connectivity index (χ4v) is 2.70. The zero-order valence-electron chi connectivity index (χ0n) is 10.9. The molecular formula is C15H17BrN2O. The lowest BCUT2D eigenvalue weighted by Gasteiger charge is -2.31. The van der Waals surface area contributed by atoms with Crippen LogP contribution in [0.4, 0.5) is 0 Å². The summed E-state index contributed by atoms with van der Waals surface area (Å²) in [5.41, 5.74) is 1.10. The van der Waals surface area contributed by atoms with Crippen LogP contribution in [0.3, 0.4) is 0 Å². The van der Waals surface area contributed by atoms with Crippen LogP contribution in [0.1, 0.15) is 18.3 Å². The Morgan fingerprint density at radius 2 is 2.00 bits per heavy atom. The van der Waals surface area contributed by atoms with Crippen LogP contribution in [0.5, 0.6) is 0 Å². The molecule has 2 heterocycles. The van der Waals surface area contributed by atoms with Crippen LogP contribution in [0.15, 0.2) is 45.3 Å². The molecule has 1 unspecified atom stereocenters. The molecule has 1 saturated heterocycles. The summed E-state index contributed by atoms with van der Waals surface area (Å²) in [4.78, 5) is 2.29. The van der Waals surface area contributed by atoms with Gasteiger partial charge in [0.15, 0.2) is 0 Å². The fourth-order valence-electron chi connectivity index (χ4n) is 2.44. The zero-order valence-corrected chi connectivity index (χ0v) is 12.5. The van der Waals surface area contributed by atoms with E-state index in [1.54, 1.807) is 0 Å². The van der Waals surface area contributed by atoms with Gasteiger partial charge in [-0.05, 0) is 44.3 Å². The van der Waals surface area contributed by atoms with Gasteiger partial charge in [-0.25, -0.2) is 0 Å². The Morgan fingerprint density at radius 3 is 2.74 bits per heavy atom. The molecule has 0 bridgehead atoms. The summed E-state index contributed by atoms with van der Waals surface area (Å²) >= 11 is 3.45. The van der Waals surface area contributed by atoms with Crippen molar-refractivity contribution in [2.75, 3.05) is 20.1 Å². The Bertz CT molecular complexity index is 550. The van der Waals surface area contributed by atoms with Gasteiger partial charge in [0, 0.05) is 16.6 Å². The molecule has 1 aliphatic rings. The van der Waals surface area contributed by atoms with E-state index in [1.165, 1.54) is 6.42 Å². The van der Waals surface area contributed by atoms with Crippen molar-refractivity contribution in [1.82, 2.24) is 10.2 Å². The van der Waals surface area contributed by atoms with E-state index >= 15 is 0 Å². The van der Waals surface area contributed by atoms with Gasteiger partial charge < -0.3 is 4.42 Å². The number of hydrogen-bond acceptors (Lipinski definition) is 3. The molecule has 100 valence electrons. The molecule has 1 aromatic heterocycles. The minimum absolute atomic E-state index is 0.193. The number of benzene rings is 1. The number of nitrogens with one attached hydrogen (secondary N) is 1. The number of rotatable bonds is 2. The first-order chi connectivity index (χ1) is 9.24. The van der Waals surface area contributed by atoms with Gasteiger partial charge in [0.1, 0.15) is 17.7 Å². The highest BCUT2D eigenvalue weighted by atomic mass is 79.9. The quantitative estimate of drug-likeness (QED) is 0.915. The van der Waals surface area contributed by atoms with Gasteiger partial charge in [0.2, 0.25) is 0 Å². The second-order valence-electron chi connectivity index (χ2n) is 4.90. The number of nitrogens with zero attached hydrogens (tertiary/aromatic N) is 1. The molecule has 3 nitrogen and oxygen atoms in total. The minimum atomic E-state index is 0.193. The van der Waals surface area contributed by atoms with E-state index in [4.69, 9.17) is 4.42 Å². The maximum atomic E-state index is 6.00. The summed E-state index contributed by atoms with van der Waals surface area (Å²) in [7, 11) is 2.12. The molecule has 4 heteroatoms. The normalized spacial score (nSPS) is 20.6. The summed E-state index contributed by atoms with van der Waals surface area (Å²) in [6.45, 7) is 2.15. The maximum absolute atomic E-state index is 6.00. The Balaban J connectivity index is 1.84. The van der Waals surface area contributed by atoms with Gasteiger partial charge >= 0.3 is 0 Å². The van der Waals surface area contributed by atoms with Crippen LogP contribution >= 0.6 is 15.9 Å². The molecule has 1 aromatic carbocycles. The standard InChI is InChI=1S/C15H17BrN2O/c1-18-10-2-9-17-15(18)14-8-7-13(19-14)11-3-5-12(16)6-4-11/h3-8,15,17H,2,9-10H2,1H3. The van der Waals surface area contributed by atoms with Gasteiger partial charge in [-0.15, -0.1) is 0 Å². The van der Waals surface area contributed by atoms with Gasteiger partial charge in [-0.3, -0.25) is 10.2 Å². The molecule has 3 rings (SSSR count). The first kappa shape index (κ1) is 12.9. The van der Waals surface area contributed by atoms with E-state index in [0.29, 0.717) is 0 Å². The predicted octanol–water partition coefficient (Wildman–Crippen LogP) is 3.63. The topological polar surface area (TPSA) is 28.4 Å². The second kappa shape index (κ2) is 5.49. The third-order valence-corrected chi connectivity index (χ3v) is 4.02. The van der Waals surface area contributed by atoms with Crippen molar-refractivity contribution in [3.63, 3.8) is 0 Å².